The van der Waals surface area contributed by atoms with Crippen LogP contribution in [0.1, 0.15) is 25.0 Å². The second-order valence-electron chi connectivity index (χ2n) is 7.88. The lowest BCUT2D eigenvalue weighted by molar-refractivity contribution is -0.126. The molecule has 0 atom stereocenters. The van der Waals surface area contributed by atoms with E-state index in [2.05, 4.69) is 10.3 Å². The van der Waals surface area contributed by atoms with Crippen LogP contribution in [0.4, 0.5) is 0 Å². The van der Waals surface area contributed by atoms with Crippen molar-refractivity contribution in [1.82, 2.24) is 19.0 Å². The van der Waals surface area contributed by atoms with Crippen molar-refractivity contribution in [2.24, 2.45) is 5.92 Å². The number of hydrogen-bond acceptors (Lipinski definition) is 7. The van der Waals surface area contributed by atoms with E-state index in [0.29, 0.717) is 57.2 Å². The van der Waals surface area contributed by atoms with Gasteiger partial charge in [0.2, 0.25) is 15.9 Å². The molecule has 0 radical (unpaired) electrons. The number of rotatable bonds is 5. The minimum absolute atomic E-state index is 0.0611. The lowest BCUT2D eigenvalue weighted by Gasteiger charge is -2.30. The highest BCUT2D eigenvalue weighted by atomic mass is 32.2. The molecule has 5 rings (SSSR count). The molecule has 0 unspecified atom stereocenters. The number of benzene rings is 1. The lowest BCUT2D eigenvalue weighted by Crippen LogP contribution is -2.42. The molecule has 2 aliphatic rings. The molecule has 170 valence electrons. The molecule has 4 heterocycles. The van der Waals surface area contributed by atoms with Gasteiger partial charge in [-0.2, -0.15) is 4.31 Å². The van der Waals surface area contributed by atoms with E-state index in [4.69, 9.17) is 9.47 Å². The van der Waals surface area contributed by atoms with Gasteiger partial charge in [-0.15, -0.1) is 11.3 Å². The fourth-order valence-corrected chi connectivity index (χ4v) is 6.20. The van der Waals surface area contributed by atoms with Gasteiger partial charge in [-0.3, -0.25) is 9.20 Å². The zero-order valence-electron chi connectivity index (χ0n) is 17.4. The number of nitrogens with zero attached hydrogens (tertiary/aromatic N) is 3. The van der Waals surface area contributed by atoms with Crippen molar-refractivity contribution in [3.8, 4) is 11.5 Å². The first kappa shape index (κ1) is 21.2. The van der Waals surface area contributed by atoms with Gasteiger partial charge in [0.1, 0.15) is 0 Å². The first-order valence-corrected chi connectivity index (χ1v) is 12.9. The van der Waals surface area contributed by atoms with Crippen LogP contribution in [-0.4, -0.2) is 54.3 Å². The molecular formula is C21H24N4O5S2. The Kier molecular flexibility index (Phi) is 5.78. The third-order valence-corrected chi connectivity index (χ3v) is 8.43. The van der Waals surface area contributed by atoms with Crippen LogP contribution < -0.4 is 14.8 Å². The summed E-state index contributed by atoms with van der Waals surface area (Å²) in [5, 5.41) is 4.89. The fourth-order valence-electron chi connectivity index (χ4n) is 3.99. The summed E-state index contributed by atoms with van der Waals surface area (Å²) in [6.07, 6.45) is 5.54. The number of nitrogens with one attached hydrogen (secondary N) is 1. The molecule has 1 aromatic carbocycles. The van der Waals surface area contributed by atoms with Crippen LogP contribution in [0.25, 0.3) is 4.96 Å². The highest BCUT2D eigenvalue weighted by Crippen LogP contribution is 2.33. The Bertz CT molecular complexity index is 1200. The number of amides is 1. The van der Waals surface area contributed by atoms with E-state index in [-0.39, 0.29) is 16.7 Å². The first-order chi connectivity index (χ1) is 15.5. The molecular weight excluding hydrogens is 452 g/mol. The molecule has 11 heteroatoms. The van der Waals surface area contributed by atoms with Gasteiger partial charge >= 0.3 is 0 Å². The molecule has 1 saturated heterocycles. The first-order valence-electron chi connectivity index (χ1n) is 10.6. The average Bonchev–Trinajstić information content (AvgIpc) is 3.31. The number of carbonyl (C=O) groups is 1. The Morgan fingerprint density at radius 1 is 1.19 bits per heavy atom. The van der Waals surface area contributed by atoms with Crippen molar-refractivity contribution < 1.29 is 22.7 Å². The second-order valence-corrected chi connectivity index (χ2v) is 10.7. The van der Waals surface area contributed by atoms with Crippen LogP contribution in [0, 0.1) is 5.92 Å². The van der Waals surface area contributed by atoms with Crippen LogP contribution in [-0.2, 0) is 21.4 Å². The van der Waals surface area contributed by atoms with Crippen molar-refractivity contribution in [1.29, 1.82) is 0 Å². The molecule has 1 fully saturated rings. The van der Waals surface area contributed by atoms with Crippen LogP contribution in [0.2, 0.25) is 0 Å². The highest BCUT2D eigenvalue weighted by molar-refractivity contribution is 7.89. The zero-order valence-corrected chi connectivity index (χ0v) is 19.0. The topological polar surface area (TPSA) is 102 Å². The van der Waals surface area contributed by atoms with Crippen LogP contribution >= 0.6 is 11.3 Å². The molecule has 0 bridgehead atoms. The summed E-state index contributed by atoms with van der Waals surface area (Å²) in [6, 6.07) is 4.73. The molecule has 1 amide bonds. The summed E-state index contributed by atoms with van der Waals surface area (Å²) >= 11 is 1.54. The van der Waals surface area contributed by atoms with E-state index in [0.717, 1.165) is 17.1 Å². The van der Waals surface area contributed by atoms with Crippen LogP contribution in [0.5, 0.6) is 11.5 Å². The summed E-state index contributed by atoms with van der Waals surface area (Å²) < 4.78 is 40.8. The summed E-state index contributed by atoms with van der Waals surface area (Å²) in [4.78, 5) is 18.1. The molecule has 0 spiro atoms. The van der Waals surface area contributed by atoms with Gasteiger partial charge in [0.25, 0.3) is 0 Å². The minimum atomic E-state index is -3.67. The Labute approximate surface area is 190 Å². The van der Waals surface area contributed by atoms with Crippen molar-refractivity contribution in [2.75, 3.05) is 26.3 Å². The van der Waals surface area contributed by atoms with E-state index in [1.165, 1.54) is 10.4 Å². The standard InChI is InChI=1S/C21H24N4O5S2/c26-20(22-13-16-14-24-8-11-31-21(24)23-16)15-4-6-25(7-5-15)32(27,28)17-2-3-18-19(12-17)30-10-1-9-29-18/h2-3,8,11-12,14-15H,1,4-7,9-10,13H2,(H,22,26). The number of hydrogen-bond donors (Lipinski definition) is 1. The van der Waals surface area contributed by atoms with Gasteiger partial charge in [-0.25, -0.2) is 13.4 Å². The van der Waals surface area contributed by atoms with Gasteiger partial charge in [0.05, 0.1) is 30.3 Å². The van der Waals surface area contributed by atoms with Crippen molar-refractivity contribution in [2.45, 2.75) is 30.7 Å². The van der Waals surface area contributed by atoms with Gasteiger partial charge in [-0.05, 0) is 25.0 Å². The largest absolute Gasteiger partial charge is 0.490 e. The summed E-state index contributed by atoms with van der Waals surface area (Å²) in [7, 11) is -3.67. The average molecular weight is 477 g/mol. The number of thiazole rings is 1. The quantitative estimate of drug-likeness (QED) is 0.606. The molecule has 2 aliphatic heterocycles. The lowest BCUT2D eigenvalue weighted by atomic mass is 9.97. The molecule has 0 aliphatic carbocycles. The Morgan fingerprint density at radius 2 is 1.97 bits per heavy atom. The number of sulfonamides is 1. The molecule has 32 heavy (non-hydrogen) atoms. The number of fused-ring (bicyclic) bond motifs is 2. The molecule has 9 nitrogen and oxygen atoms in total. The van der Waals surface area contributed by atoms with E-state index in [9.17, 15) is 13.2 Å². The Morgan fingerprint density at radius 3 is 2.75 bits per heavy atom. The predicted octanol–water partition coefficient (Wildman–Crippen LogP) is 2.27. The maximum atomic E-state index is 13.1. The van der Waals surface area contributed by atoms with E-state index < -0.39 is 10.0 Å². The summed E-state index contributed by atoms with van der Waals surface area (Å²) in [6.45, 7) is 2.01. The maximum Gasteiger partial charge on any atom is 0.243 e. The smallest absolute Gasteiger partial charge is 0.243 e. The second kappa shape index (κ2) is 8.72. The van der Waals surface area contributed by atoms with Crippen molar-refractivity contribution in [3.05, 3.63) is 41.7 Å². The van der Waals surface area contributed by atoms with E-state index in [1.54, 1.807) is 23.5 Å². The van der Waals surface area contributed by atoms with E-state index in [1.807, 2.05) is 22.2 Å². The molecule has 3 aromatic rings. The third-order valence-electron chi connectivity index (χ3n) is 5.77. The third kappa shape index (κ3) is 4.19. The molecule has 1 N–H and O–H groups in total. The van der Waals surface area contributed by atoms with Gasteiger partial charge in [0.15, 0.2) is 16.5 Å². The van der Waals surface area contributed by atoms with E-state index >= 15 is 0 Å². The minimum Gasteiger partial charge on any atom is -0.490 e. The van der Waals surface area contributed by atoms with Gasteiger partial charge in [-0.1, -0.05) is 0 Å². The van der Waals surface area contributed by atoms with Crippen LogP contribution in [0.15, 0.2) is 40.9 Å². The maximum absolute atomic E-state index is 13.1. The monoisotopic (exact) mass is 476 g/mol. The molecule has 2 aromatic heterocycles. The Balaban J connectivity index is 1.18. The predicted molar refractivity (Wildman–Crippen MR) is 118 cm³/mol. The fraction of sp³-hybridized carbons (Fsp3) is 0.429. The highest BCUT2D eigenvalue weighted by Gasteiger charge is 2.32. The number of carbonyl (C=O) groups excluding carboxylic acids is 1. The summed E-state index contributed by atoms with van der Waals surface area (Å²) in [5.41, 5.74) is 0.805. The Hall–Kier alpha value is -2.63. The van der Waals surface area contributed by atoms with Crippen molar-refractivity contribution in [3.63, 3.8) is 0 Å². The zero-order chi connectivity index (χ0) is 22.1. The number of aromatic nitrogens is 2. The SMILES string of the molecule is O=C(NCc1cn2ccsc2n1)C1CCN(S(=O)(=O)c2ccc3c(c2)OCCCO3)CC1. The van der Waals surface area contributed by atoms with Crippen molar-refractivity contribution >= 4 is 32.2 Å². The molecule has 0 saturated carbocycles. The van der Waals surface area contributed by atoms with Gasteiger partial charge < -0.3 is 14.8 Å². The number of piperidine rings is 1. The normalized spacial score (nSPS) is 17.9. The van der Waals surface area contributed by atoms with Crippen LogP contribution in [0.3, 0.4) is 0 Å². The number of imidazole rings is 1. The number of ether oxygens (including phenoxy) is 2. The summed E-state index contributed by atoms with van der Waals surface area (Å²) in [5.74, 6) is 0.745. The van der Waals surface area contributed by atoms with Gasteiger partial charge in [0, 0.05) is 49.3 Å².